The Morgan fingerprint density at radius 1 is 0.247 bits per heavy atom. The molecule has 0 rings (SSSR count). The first-order valence-corrected chi connectivity index (χ1v) is 36.1. The van der Waals surface area contributed by atoms with E-state index in [1.165, 1.54) is 283 Å². The molecule has 0 aliphatic carbocycles. The third-order valence-electron chi connectivity index (χ3n) is 16.3. The molecule has 0 aliphatic heterocycles. The van der Waals surface area contributed by atoms with Gasteiger partial charge in [-0.3, -0.25) is 14.4 Å². The SMILES string of the molecule is CCCCCCC/C=C\C/C=C\C/C=C\CCCCCCCCCCCCCCCCCCC(=O)OCC(COC(=O)CCCCCCCCC)OC(=O)CCCCCCCCCCCCCCC/C=C\CCCCCCCCCC. The second kappa shape index (κ2) is 69.9. The molecular formula is C75H138O6. The molecule has 0 fully saturated rings. The Kier molecular flexibility index (Phi) is 67.6. The maximum absolute atomic E-state index is 12.9. The van der Waals surface area contributed by atoms with E-state index in [2.05, 4.69) is 69.4 Å². The second-order valence-electron chi connectivity index (χ2n) is 24.5. The molecule has 1 unspecified atom stereocenters. The van der Waals surface area contributed by atoms with E-state index in [1.54, 1.807) is 0 Å². The highest BCUT2D eigenvalue weighted by molar-refractivity contribution is 5.71. The van der Waals surface area contributed by atoms with E-state index in [0.717, 1.165) is 70.6 Å². The van der Waals surface area contributed by atoms with E-state index in [-0.39, 0.29) is 31.1 Å². The summed E-state index contributed by atoms with van der Waals surface area (Å²) in [7, 11) is 0. The van der Waals surface area contributed by atoms with E-state index in [0.29, 0.717) is 19.3 Å². The summed E-state index contributed by atoms with van der Waals surface area (Å²) in [6.07, 6.45) is 88.9. The molecule has 6 nitrogen and oxygen atoms in total. The molecule has 0 saturated carbocycles. The minimum absolute atomic E-state index is 0.0683. The lowest BCUT2D eigenvalue weighted by atomic mass is 10.0. The van der Waals surface area contributed by atoms with E-state index >= 15 is 0 Å². The first-order chi connectivity index (χ1) is 40.0. The average Bonchev–Trinajstić information content (AvgIpc) is 3.46. The van der Waals surface area contributed by atoms with Crippen LogP contribution in [-0.4, -0.2) is 37.2 Å². The van der Waals surface area contributed by atoms with Crippen LogP contribution in [0.5, 0.6) is 0 Å². The quantitative estimate of drug-likeness (QED) is 0.0261. The van der Waals surface area contributed by atoms with Crippen molar-refractivity contribution >= 4 is 17.9 Å². The molecule has 0 N–H and O–H groups in total. The summed E-state index contributed by atoms with van der Waals surface area (Å²) in [5, 5.41) is 0. The lowest BCUT2D eigenvalue weighted by Gasteiger charge is -2.18. The maximum Gasteiger partial charge on any atom is 0.306 e. The molecule has 0 radical (unpaired) electrons. The Labute approximate surface area is 505 Å². The Bertz CT molecular complexity index is 1400. The van der Waals surface area contributed by atoms with E-state index in [9.17, 15) is 14.4 Å². The Morgan fingerprint density at radius 3 is 0.704 bits per heavy atom. The highest BCUT2D eigenvalue weighted by Crippen LogP contribution is 2.18. The Balaban J connectivity index is 4.02. The molecule has 0 saturated heterocycles. The van der Waals surface area contributed by atoms with Crippen LogP contribution >= 0.6 is 0 Å². The summed E-state index contributed by atoms with van der Waals surface area (Å²) in [5.74, 6) is -0.851. The zero-order chi connectivity index (χ0) is 58.5. The molecule has 0 bridgehead atoms. The van der Waals surface area contributed by atoms with Gasteiger partial charge in [-0.05, 0) is 83.5 Å². The monoisotopic (exact) mass is 1140 g/mol. The fourth-order valence-electron chi connectivity index (χ4n) is 10.9. The molecule has 81 heavy (non-hydrogen) atoms. The summed E-state index contributed by atoms with van der Waals surface area (Å²) in [6, 6.07) is 0. The number of hydrogen-bond donors (Lipinski definition) is 0. The summed E-state index contributed by atoms with van der Waals surface area (Å²) in [5.41, 5.74) is 0. The molecule has 0 spiro atoms. The van der Waals surface area contributed by atoms with Gasteiger partial charge in [0.05, 0.1) is 0 Å². The van der Waals surface area contributed by atoms with E-state index < -0.39 is 6.10 Å². The van der Waals surface area contributed by atoms with Crippen molar-refractivity contribution in [2.75, 3.05) is 13.2 Å². The molecular weight excluding hydrogens is 997 g/mol. The summed E-state index contributed by atoms with van der Waals surface area (Å²) >= 11 is 0. The number of hydrogen-bond acceptors (Lipinski definition) is 6. The zero-order valence-electron chi connectivity index (χ0n) is 54.6. The van der Waals surface area contributed by atoms with Crippen molar-refractivity contribution in [3.8, 4) is 0 Å². The number of carbonyl (C=O) groups is 3. The van der Waals surface area contributed by atoms with Gasteiger partial charge in [-0.25, -0.2) is 0 Å². The third-order valence-corrected chi connectivity index (χ3v) is 16.3. The smallest absolute Gasteiger partial charge is 0.306 e. The summed E-state index contributed by atoms with van der Waals surface area (Å²) in [4.78, 5) is 38.2. The predicted molar refractivity (Wildman–Crippen MR) is 353 cm³/mol. The highest BCUT2D eigenvalue weighted by atomic mass is 16.6. The fraction of sp³-hybridized carbons (Fsp3) is 0.853. The topological polar surface area (TPSA) is 78.9 Å². The van der Waals surface area contributed by atoms with Crippen LogP contribution in [0.2, 0.25) is 0 Å². The van der Waals surface area contributed by atoms with Gasteiger partial charge in [0, 0.05) is 19.3 Å². The van der Waals surface area contributed by atoms with Crippen LogP contribution in [0.1, 0.15) is 393 Å². The van der Waals surface area contributed by atoms with E-state index in [4.69, 9.17) is 14.2 Å². The normalized spacial score (nSPS) is 12.3. The van der Waals surface area contributed by atoms with Crippen LogP contribution in [0.15, 0.2) is 48.6 Å². The molecule has 0 aromatic heterocycles. The molecule has 0 amide bonds. The number of carbonyl (C=O) groups excluding carboxylic acids is 3. The highest BCUT2D eigenvalue weighted by Gasteiger charge is 2.19. The fourth-order valence-corrected chi connectivity index (χ4v) is 10.9. The van der Waals surface area contributed by atoms with Crippen LogP contribution in [0.4, 0.5) is 0 Å². The van der Waals surface area contributed by atoms with Gasteiger partial charge >= 0.3 is 17.9 Å². The van der Waals surface area contributed by atoms with Crippen molar-refractivity contribution in [1.29, 1.82) is 0 Å². The van der Waals surface area contributed by atoms with Crippen molar-refractivity contribution in [2.24, 2.45) is 0 Å². The maximum atomic E-state index is 12.9. The Morgan fingerprint density at radius 2 is 0.444 bits per heavy atom. The lowest BCUT2D eigenvalue weighted by Crippen LogP contribution is -2.30. The molecule has 0 aromatic carbocycles. The third kappa shape index (κ3) is 68.0. The largest absolute Gasteiger partial charge is 0.462 e. The van der Waals surface area contributed by atoms with Gasteiger partial charge in [-0.1, -0.05) is 339 Å². The first kappa shape index (κ1) is 78.4. The summed E-state index contributed by atoms with van der Waals surface area (Å²) < 4.78 is 16.9. The number of esters is 3. The first-order valence-electron chi connectivity index (χ1n) is 36.1. The van der Waals surface area contributed by atoms with E-state index in [1.807, 2.05) is 0 Å². The van der Waals surface area contributed by atoms with Crippen LogP contribution in [0.25, 0.3) is 0 Å². The number of unbranched alkanes of at least 4 members (excludes halogenated alkanes) is 48. The Hall–Kier alpha value is -2.63. The summed E-state index contributed by atoms with van der Waals surface area (Å²) in [6.45, 7) is 6.65. The minimum Gasteiger partial charge on any atom is -0.462 e. The van der Waals surface area contributed by atoms with Gasteiger partial charge in [-0.2, -0.15) is 0 Å². The molecule has 0 heterocycles. The van der Waals surface area contributed by atoms with Crippen molar-refractivity contribution in [3.05, 3.63) is 48.6 Å². The van der Waals surface area contributed by atoms with Crippen molar-refractivity contribution in [3.63, 3.8) is 0 Å². The lowest BCUT2D eigenvalue weighted by molar-refractivity contribution is -0.167. The van der Waals surface area contributed by atoms with Gasteiger partial charge in [0.2, 0.25) is 0 Å². The minimum atomic E-state index is -0.769. The standard InChI is InChI=1S/C75H138O6/c1-4-7-10-13-16-18-20-22-24-26-28-30-32-34-35-36-37-38-39-41-42-44-46-48-50-52-54-56-59-62-65-68-74(77)80-71-72(70-79-73(76)67-64-61-58-15-12-9-6-3)81-75(78)69-66-63-60-57-55-53-51-49-47-45-43-40-33-31-29-27-25-23-21-19-17-14-11-8-5-2/h20,22,26-29,32,34,72H,4-19,21,23-25,30-31,33,35-71H2,1-3H3/b22-20-,28-26-,29-27-,34-32-. The zero-order valence-corrected chi connectivity index (χ0v) is 54.6. The molecule has 474 valence electrons. The van der Waals surface area contributed by atoms with Crippen LogP contribution in [0, 0.1) is 0 Å². The molecule has 1 atom stereocenters. The molecule has 0 aromatic rings. The van der Waals surface area contributed by atoms with Gasteiger partial charge in [0.1, 0.15) is 13.2 Å². The predicted octanol–water partition coefficient (Wildman–Crippen LogP) is 24.9. The van der Waals surface area contributed by atoms with Gasteiger partial charge in [-0.15, -0.1) is 0 Å². The van der Waals surface area contributed by atoms with Gasteiger partial charge in [0.25, 0.3) is 0 Å². The second-order valence-corrected chi connectivity index (χ2v) is 24.5. The van der Waals surface area contributed by atoms with Crippen LogP contribution in [0.3, 0.4) is 0 Å². The van der Waals surface area contributed by atoms with Gasteiger partial charge in [0.15, 0.2) is 6.10 Å². The number of allylic oxidation sites excluding steroid dienone is 8. The average molecular weight is 1140 g/mol. The van der Waals surface area contributed by atoms with Crippen molar-refractivity contribution in [1.82, 2.24) is 0 Å². The van der Waals surface area contributed by atoms with Crippen LogP contribution < -0.4 is 0 Å². The van der Waals surface area contributed by atoms with Crippen LogP contribution in [-0.2, 0) is 28.6 Å². The molecule has 0 aliphatic rings. The number of rotatable bonds is 67. The number of ether oxygens (including phenoxy) is 3. The molecule has 6 heteroatoms. The van der Waals surface area contributed by atoms with Gasteiger partial charge < -0.3 is 14.2 Å². The van der Waals surface area contributed by atoms with Crippen molar-refractivity contribution in [2.45, 2.75) is 399 Å². The van der Waals surface area contributed by atoms with Crippen molar-refractivity contribution < 1.29 is 28.6 Å².